The van der Waals surface area contributed by atoms with E-state index in [1.165, 1.54) is 0 Å². The quantitative estimate of drug-likeness (QED) is 0.743. The Labute approximate surface area is 160 Å². The highest BCUT2D eigenvalue weighted by atomic mass is 32.2. The van der Waals surface area contributed by atoms with E-state index in [4.69, 9.17) is 4.74 Å². The summed E-state index contributed by atoms with van der Waals surface area (Å²) in [5.41, 5.74) is 2.03. The van der Waals surface area contributed by atoms with Crippen LogP contribution in [-0.2, 0) is 16.9 Å². The normalized spacial score (nSPS) is 21.9. The lowest BCUT2D eigenvalue weighted by atomic mass is 10.1. The summed E-state index contributed by atoms with van der Waals surface area (Å²) in [6.45, 7) is 0.951. The molecule has 8 heteroatoms. The Morgan fingerprint density at radius 2 is 2.19 bits per heavy atom. The number of aromatic nitrogens is 4. The zero-order valence-electron chi connectivity index (χ0n) is 14.7. The summed E-state index contributed by atoms with van der Waals surface area (Å²) in [6, 6.07) is 9.45. The number of anilines is 1. The molecular formula is C19H19N5O2S. The Kier molecular flexibility index (Phi) is 4.29. The van der Waals surface area contributed by atoms with Gasteiger partial charge in [-0.15, -0.1) is 5.10 Å². The standard InChI is InChI=1S/C19H19N5O2S/c25-18-7-13-11-27-6-5-15(13)23-24(18)17-10-26-9-16(17)21-19-14-4-2-1-3-12(14)8-20-22-19/h1-4,7-8,16-17H,5-6,9-11H2,(H,21,22). The molecule has 27 heavy (non-hydrogen) atoms. The van der Waals surface area contributed by atoms with Gasteiger partial charge in [-0.2, -0.15) is 22.0 Å². The van der Waals surface area contributed by atoms with Crippen LogP contribution in [0.3, 0.4) is 0 Å². The molecule has 0 radical (unpaired) electrons. The van der Waals surface area contributed by atoms with E-state index in [1.54, 1.807) is 16.9 Å². The van der Waals surface area contributed by atoms with Crippen LogP contribution in [0.2, 0.25) is 0 Å². The van der Waals surface area contributed by atoms with E-state index in [-0.39, 0.29) is 17.6 Å². The first kappa shape index (κ1) is 16.7. The lowest BCUT2D eigenvalue weighted by molar-refractivity contribution is 0.182. The summed E-state index contributed by atoms with van der Waals surface area (Å²) >= 11 is 1.85. The van der Waals surface area contributed by atoms with Crippen LogP contribution in [0.5, 0.6) is 0 Å². The van der Waals surface area contributed by atoms with Crippen LogP contribution in [-0.4, -0.2) is 45.0 Å². The lowest BCUT2D eigenvalue weighted by Gasteiger charge is -2.23. The Balaban J connectivity index is 1.48. The summed E-state index contributed by atoms with van der Waals surface area (Å²) in [5, 5.41) is 18.5. The van der Waals surface area contributed by atoms with Crippen molar-refractivity contribution >= 4 is 28.4 Å². The topological polar surface area (TPSA) is 81.9 Å². The second-order valence-electron chi connectivity index (χ2n) is 6.84. The van der Waals surface area contributed by atoms with Crippen molar-refractivity contribution in [2.45, 2.75) is 24.3 Å². The highest BCUT2D eigenvalue weighted by Crippen LogP contribution is 2.27. The molecule has 4 heterocycles. The van der Waals surface area contributed by atoms with Crippen molar-refractivity contribution < 1.29 is 4.74 Å². The first-order chi connectivity index (χ1) is 13.3. The number of thioether (sulfide) groups is 1. The fourth-order valence-corrected chi connectivity index (χ4v) is 4.65. The van der Waals surface area contributed by atoms with Crippen molar-refractivity contribution in [1.29, 1.82) is 0 Å². The van der Waals surface area contributed by atoms with Crippen LogP contribution < -0.4 is 10.9 Å². The molecule has 0 bridgehead atoms. The van der Waals surface area contributed by atoms with Crippen molar-refractivity contribution in [2.75, 3.05) is 24.3 Å². The van der Waals surface area contributed by atoms with E-state index in [2.05, 4.69) is 20.6 Å². The highest BCUT2D eigenvalue weighted by molar-refractivity contribution is 7.98. The minimum Gasteiger partial charge on any atom is -0.377 e. The number of benzene rings is 1. The molecule has 2 aliphatic rings. The van der Waals surface area contributed by atoms with Gasteiger partial charge in [0, 0.05) is 29.0 Å². The number of nitrogens with one attached hydrogen (secondary N) is 1. The molecule has 0 saturated carbocycles. The number of nitrogens with zero attached hydrogens (tertiary/aromatic N) is 4. The third-order valence-electron chi connectivity index (χ3n) is 5.12. The Morgan fingerprint density at radius 1 is 1.26 bits per heavy atom. The van der Waals surface area contributed by atoms with Gasteiger partial charge in [0.2, 0.25) is 0 Å². The molecule has 2 aromatic heterocycles. The molecule has 1 fully saturated rings. The van der Waals surface area contributed by atoms with Crippen molar-refractivity contribution in [3.63, 3.8) is 0 Å². The SMILES string of the molecule is O=c1cc2c(nn1C1COCC1Nc1nncc3ccccc13)CCSC2. The fraction of sp³-hybridized carbons (Fsp3) is 0.368. The lowest BCUT2D eigenvalue weighted by Crippen LogP contribution is -2.38. The molecule has 1 saturated heterocycles. The van der Waals surface area contributed by atoms with Gasteiger partial charge in [0.15, 0.2) is 5.82 Å². The second-order valence-corrected chi connectivity index (χ2v) is 7.94. The van der Waals surface area contributed by atoms with Crippen LogP contribution >= 0.6 is 11.8 Å². The smallest absolute Gasteiger partial charge is 0.267 e. The summed E-state index contributed by atoms with van der Waals surface area (Å²) in [5.74, 6) is 2.62. The van der Waals surface area contributed by atoms with E-state index < -0.39 is 0 Å². The molecule has 1 N–H and O–H groups in total. The molecule has 3 aromatic rings. The zero-order valence-corrected chi connectivity index (χ0v) is 15.5. The zero-order chi connectivity index (χ0) is 18.2. The third kappa shape index (κ3) is 3.08. The predicted octanol–water partition coefficient (Wildman–Crippen LogP) is 2.03. The highest BCUT2D eigenvalue weighted by Gasteiger charge is 2.32. The molecule has 2 aliphatic heterocycles. The molecule has 0 amide bonds. The van der Waals surface area contributed by atoms with Gasteiger partial charge >= 0.3 is 0 Å². The van der Waals surface area contributed by atoms with Crippen LogP contribution in [0.15, 0.2) is 41.3 Å². The first-order valence-electron chi connectivity index (χ1n) is 9.04. The van der Waals surface area contributed by atoms with E-state index in [9.17, 15) is 4.79 Å². The Hall–Kier alpha value is -2.45. The van der Waals surface area contributed by atoms with Gasteiger partial charge in [-0.3, -0.25) is 4.79 Å². The molecule has 0 spiro atoms. The Morgan fingerprint density at radius 3 is 3.15 bits per heavy atom. The predicted molar refractivity (Wildman–Crippen MR) is 105 cm³/mol. The van der Waals surface area contributed by atoms with Crippen molar-refractivity contribution in [3.05, 3.63) is 58.1 Å². The van der Waals surface area contributed by atoms with Crippen LogP contribution in [0.1, 0.15) is 17.3 Å². The van der Waals surface area contributed by atoms with Gasteiger partial charge in [0.1, 0.15) is 6.04 Å². The maximum Gasteiger partial charge on any atom is 0.267 e. The van der Waals surface area contributed by atoms with E-state index in [1.807, 2.05) is 36.0 Å². The minimum atomic E-state index is -0.168. The van der Waals surface area contributed by atoms with E-state index >= 15 is 0 Å². The number of hydrogen-bond donors (Lipinski definition) is 1. The van der Waals surface area contributed by atoms with E-state index in [0.29, 0.717) is 19.0 Å². The number of fused-ring (bicyclic) bond motifs is 2. The van der Waals surface area contributed by atoms with Gasteiger partial charge in [-0.25, -0.2) is 4.68 Å². The molecule has 5 rings (SSSR count). The first-order valence-corrected chi connectivity index (χ1v) is 10.2. The van der Waals surface area contributed by atoms with Crippen molar-refractivity contribution in [2.24, 2.45) is 0 Å². The third-order valence-corrected chi connectivity index (χ3v) is 6.13. The Bertz CT molecular complexity index is 1050. The number of ether oxygens (including phenoxy) is 1. The van der Waals surface area contributed by atoms with Gasteiger partial charge in [-0.1, -0.05) is 24.3 Å². The summed E-state index contributed by atoms with van der Waals surface area (Å²) in [7, 11) is 0. The number of hydrogen-bond acceptors (Lipinski definition) is 7. The summed E-state index contributed by atoms with van der Waals surface area (Å²) in [4.78, 5) is 12.7. The minimum absolute atomic E-state index is 0.0671. The average molecular weight is 381 g/mol. The summed E-state index contributed by atoms with van der Waals surface area (Å²) in [6.07, 6.45) is 2.65. The molecule has 1 aromatic carbocycles. The van der Waals surface area contributed by atoms with Gasteiger partial charge in [0.25, 0.3) is 5.56 Å². The maximum absolute atomic E-state index is 12.7. The average Bonchev–Trinajstić information content (AvgIpc) is 3.15. The largest absolute Gasteiger partial charge is 0.377 e. The maximum atomic E-state index is 12.7. The second kappa shape index (κ2) is 6.94. The van der Waals surface area contributed by atoms with E-state index in [0.717, 1.165) is 40.0 Å². The monoisotopic (exact) mass is 381 g/mol. The number of rotatable bonds is 3. The number of aryl methyl sites for hydroxylation is 1. The molecule has 2 atom stereocenters. The molecular weight excluding hydrogens is 362 g/mol. The summed E-state index contributed by atoms with van der Waals surface area (Å²) < 4.78 is 7.29. The van der Waals surface area contributed by atoms with Crippen LogP contribution in [0.25, 0.3) is 10.8 Å². The molecule has 7 nitrogen and oxygen atoms in total. The fourth-order valence-electron chi connectivity index (χ4n) is 3.70. The van der Waals surface area contributed by atoms with Gasteiger partial charge < -0.3 is 10.1 Å². The molecule has 0 aliphatic carbocycles. The van der Waals surface area contributed by atoms with Crippen LogP contribution in [0.4, 0.5) is 5.82 Å². The van der Waals surface area contributed by atoms with Crippen molar-refractivity contribution in [3.8, 4) is 0 Å². The molecule has 2 unspecified atom stereocenters. The van der Waals surface area contributed by atoms with Gasteiger partial charge in [0.05, 0.1) is 31.1 Å². The van der Waals surface area contributed by atoms with Crippen LogP contribution in [0, 0.1) is 0 Å². The van der Waals surface area contributed by atoms with Crippen molar-refractivity contribution in [1.82, 2.24) is 20.0 Å². The van der Waals surface area contributed by atoms with Gasteiger partial charge in [-0.05, 0) is 11.3 Å². The molecule has 138 valence electrons.